The van der Waals surface area contributed by atoms with Gasteiger partial charge in [0, 0.05) is 11.6 Å². The van der Waals surface area contributed by atoms with E-state index < -0.39 is 0 Å². The van der Waals surface area contributed by atoms with Crippen LogP contribution in [-0.2, 0) is 0 Å². The first-order valence-corrected chi connectivity index (χ1v) is 6.12. The van der Waals surface area contributed by atoms with Gasteiger partial charge in [0.15, 0.2) is 0 Å². The number of carbonyl (C=O) groups excluding carboxylic acids is 1. The molecule has 1 saturated carbocycles. The second-order valence-corrected chi connectivity index (χ2v) is 4.74. The Hall–Kier alpha value is -0.640. The van der Waals surface area contributed by atoms with Crippen LogP contribution in [0.1, 0.15) is 32.6 Å². The van der Waals surface area contributed by atoms with Crippen LogP contribution < -0.4 is 0 Å². The molecule has 1 aliphatic carbocycles. The normalized spacial score (nSPS) is 25.8. The molecule has 2 amide bonds. The van der Waals surface area contributed by atoms with Crippen molar-refractivity contribution in [3.8, 4) is 0 Å². The third-order valence-corrected chi connectivity index (χ3v) is 3.81. The fourth-order valence-corrected chi connectivity index (χ4v) is 2.90. The van der Waals surface area contributed by atoms with Gasteiger partial charge in [-0.1, -0.05) is 6.92 Å². The van der Waals surface area contributed by atoms with Crippen LogP contribution in [0.4, 0.5) is 4.79 Å². The van der Waals surface area contributed by atoms with Gasteiger partial charge in [0.2, 0.25) is 0 Å². The van der Waals surface area contributed by atoms with Crippen LogP contribution in [-0.4, -0.2) is 22.5 Å². The molecule has 0 aromatic heterocycles. The highest BCUT2D eigenvalue weighted by Crippen LogP contribution is 2.31. The molecule has 0 aromatic carbocycles. The van der Waals surface area contributed by atoms with Gasteiger partial charge >= 0.3 is 6.03 Å². The number of carbonyl (C=O) groups is 1. The van der Waals surface area contributed by atoms with Gasteiger partial charge in [-0.2, -0.15) is 4.99 Å². The fraction of sp³-hybridized carbons (Fsp3) is 0.700. The van der Waals surface area contributed by atoms with Gasteiger partial charge in [-0.15, -0.1) is 11.8 Å². The molecule has 2 aliphatic rings. The Morgan fingerprint density at radius 2 is 2.36 bits per heavy atom. The Morgan fingerprint density at radius 1 is 1.50 bits per heavy atom. The Balaban J connectivity index is 2.11. The number of nitrogens with zero attached hydrogens (tertiary/aromatic N) is 2. The summed E-state index contributed by atoms with van der Waals surface area (Å²) in [6.45, 7) is 2.14. The fourth-order valence-electron chi connectivity index (χ4n) is 1.89. The standard InChI is InChI=1S/C10H14N2OS/c1-2-6-14-9-7-4-3-5-8(7)11-10(13)12-9/h7H,2-6H2,1H3. The summed E-state index contributed by atoms with van der Waals surface area (Å²) >= 11 is 1.73. The van der Waals surface area contributed by atoms with E-state index in [1.165, 1.54) is 0 Å². The molecular weight excluding hydrogens is 196 g/mol. The minimum Gasteiger partial charge on any atom is -0.244 e. The maximum atomic E-state index is 11.2. The van der Waals surface area contributed by atoms with Crippen molar-refractivity contribution in [3.05, 3.63) is 0 Å². The summed E-state index contributed by atoms with van der Waals surface area (Å²) in [5.74, 6) is 1.43. The quantitative estimate of drug-likeness (QED) is 0.703. The number of thioether (sulfide) groups is 1. The summed E-state index contributed by atoms with van der Waals surface area (Å²) in [5.41, 5.74) is 1.07. The molecule has 4 heteroatoms. The zero-order chi connectivity index (χ0) is 9.97. The first-order valence-electron chi connectivity index (χ1n) is 5.14. The average molecular weight is 210 g/mol. The zero-order valence-electron chi connectivity index (χ0n) is 8.32. The van der Waals surface area contributed by atoms with Gasteiger partial charge in [0.25, 0.3) is 0 Å². The first-order chi connectivity index (χ1) is 6.81. The van der Waals surface area contributed by atoms with E-state index in [1.54, 1.807) is 11.8 Å². The predicted molar refractivity (Wildman–Crippen MR) is 60.4 cm³/mol. The van der Waals surface area contributed by atoms with Crippen LogP contribution in [0.3, 0.4) is 0 Å². The van der Waals surface area contributed by atoms with E-state index in [4.69, 9.17) is 0 Å². The molecule has 76 valence electrons. The Kier molecular flexibility index (Phi) is 3.01. The number of rotatable bonds is 2. The maximum absolute atomic E-state index is 11.2. The summed E-state index contributed by atoms with van der Waals surface area (Å²) in [6, 6.07) is -0.295. The van der Waals surface area contributed by atoms with E-state index in [-0.39, 0.29) is 6.03 Å². The second-order valence-electron chi connectivity index (χ2n) is 3.63. The number of aliphatic imine (C=N–C) groups is 2. The topological polar surface area (TPSA) is 41.8 Å². The molecule has 2 rings (SSSR count). The highest BCUT2D eigenvalue weighted by atomic mass is 32.2. The van der Waals surface area contributed by atoms with Crippen LogP contribution in [0.2, 0.25) is 0 Å². The van der Waals surface area contributed by atoms with Crippen LogP contribution in [0.15, 0.2) is 9.98 Å². The highest BCUT2D eigenvalue weighted by molar-refractivity contribution is 8.14. The van der Waals surface area contributed by atoms with Gasteiger partial charge in [-0.3, -0.25) is 0 Å². The Morgan fingerprint density at radius 3 is 3.14 bits per heavy atom. The third-order valence-electron chi connectivity index (χ3n) is 2.53. The predicted octanol–water partition coefficient (Wildman–Crippen LogP) is 2.90. The Labute approximate surface area is 88.1 Å². The lowest BCUT2D eigenvalue weighted by Crippen LogP contribution is -2.22. The van der Waals surface area contributed by atoms with Gasteiger partial charge in [-0.05, 0) is 31.4 Å². The van der Waals surface area contributed by atoms with E-state index in [0.717, 1.165) is 42.2 Å². The van der Waals surface area contributed by atoms with Gasteiger partial charge in [-0.25, -0.2) is 9.79 Å². The van der Waals surface area contributed by atoms with E-state index in [0.29, 0.717) is 5.92 Å². The molecule has 1 atom stereocenters. The molecule has 0 N–H and O–H groups in total. The van der Waals surface area contributed by atoms with Crippen molar-refractivity contribution in [2.24, 2.45) is 15.9 Å². The third kappa shape index (κ3) is 1.90. The first kappa shape index (κ1) is 9.90. The molecule has 0 aromatic rings. The number of urea groups is 1. The molecule has 0 radical (unpaired) electrons. The molecule has 1 heterocycles. The maximum Gasteiger partial charge on any atom is 0.367 e. The van der Waals surface area contributed by atoms with Crippen molar-refractivity contribution in [2.75, 3.05) is 5.75 Å². The molecule has 1 unspecified atom stereocenters. The molecular formula is C10H14N2OS. The van der Waals surface area contributed by atoms with Gasteiger partial charge < -0.3 is 0 Å². The zero-order valence-corrected chi connectivity index (χ0v) is 9.14. The molecule has 0 bridgehead atoms. The number of amides is 2. The summed E-state index contributed by atoms with van der Waals surface area (Å²) in [7, 11) is 0. The summed E-state index contributed by atoms with van der Waals surface area (Å²) in [4.78, 5) is 19.2. The summed E-state index contributed by atoms with van der Waals surface area (Å²) < 4.78 is 0. The van der Waals surface area contributed by atoms with Crippen LogP contribution >= 0.6 is 11.8 Å². The van der Waals surface area contributed by atoms with Crippen molar-refractivity contribution in [1.82, 2.24) is 0 Å². The van der Waals surface area contributed by atoms with Crippen molar-refractivity contribution in [2.45, 2.75) is 32.6 Å². The molecule has 0 saturated heterocycles. The summed E-state index contributed by atoms with van der Waals surface area (Å²) in [5, 5.41) is 1.01. The molecule has 0 spiro atoms. The van der Waals surface area contributed by atoms with E-state index in [2.05, 4.69) is 16.9 Å². The minimum atomic E-state index is -0.295. The lowest BCUT2D eigenvalue weighted by molar-refractivity contribution is 0.256. The largest absolute Gasteiger partial charge is 0.367 e. The lowest BCUT2D eigenvalue weighted by atomic mass is 10.1. The number of fused-ring (bicyclic) bond motifs is 1. The number of hydrogen-bond donors (Lipinski definition) is 0. The van der Waals surface area contributed by atoms with Crippen LogP contribution in [0, 0.1) is 5.92 Å². The Bertz CT molecular complexity index is 309. The van der Waals surface area contributed by atoms with E-state index >= 15 is 0 Å². The van der Waals surface area contributed by atoms with Crippen molar-refractivity contribution in [3.63, 3.8) is 0 Å². The average Bonchev–Trinajstić information content (AvgIpc) is 2.61. The van der Waals surface area contributed by atoms with E-state index in [9.17, 15) is 4.79 Å². The molecule has 1 aliphatic heterocycles. The number of hydrogen-bond acceptors (Lipinski definition) is 2. The molecule has 3 nitrogen and oxygen atoms in total. The lowest BCUT2D eigenvalue weighted by Gasteiger charge is -2.16. The van der Waals surface area contributed by atoms with Gasteiger partial charge in [0.05, 0.1) is 5.04 Å². The van der Waals surface area contributed by atoms with E-state index in [1.807, 2.05) is 0 Å². The summed E-state index contributed by atoms with van der Waals surface area (Å²) in [6.07, 6.45) is 4.39. The minimum absolute atomic E-state index is 0.295. The van der Waals surface area contributed by atoms with Crippen molar-refractivity contribution in [1.29, 1.82) is 0 Å². The van der Waals surface area contributed by atoms with Crippen LogP contribution in [0.5, 0.6) is 0 Å². The monoisotopic (exact) mass is 210 g/mol. The molecule has 1 fully saturated rings. The van der Waals surface area contributed by atoms with Crippen LogP contribution in [0.25, 0.3) is 0 Å². The SMILES string of the molecule is CCCSC1=NC(=O)N=C2CCCC21. The van der Waals surface area contributed by atoms with Crippen molar-refractivity contribution >= 4 is 28.5 Å². The van der Waals surface area contributed by atoms with Crippen molar-refractivity contribution < 1.29 is 4.79 Å². The van der Waals surface area contributed by atoms with Gasteiger partial charge in [0.1, 0.15) is 0 Å². The molecule has 14 heavy (non-hydrogen) atoms. The highest BCUT2D eigenvalue weighted by Gasteiger charge is 2.31. The second kappa shape index (κ2) is 4.26. The smallest absolute Gasteiger partial charge is 0.244 e.